The van der Waals surface area contributed by atoms with Gasteiger partial charge in [0.15, 0.2) is 0 Å². The summed E-state index contributed by atoms with van der Waals surface area (Å²) in [6.07, 6.45) is 3.51. The van der Waals surface area contributed by atoms with Crippen molar-refractivity contribution in [2.24, 2.45) is 5.73 Å². The average molecular weight is 282 g/mol. The van der Waals surface area contributed by atoms with Gasteiger partial charge in [0.05, 0.1) is 0 Å². The van der Waals surface area contributed by atoms with E-state index in [-0.39, 0.29) is 5.56 Å². The van der Waals surface area contributed by atoms with E-state index in [0.29, 0.717) is 18.0 Å². The average Bonchev–Trinajstić information content (AvgIpc) is 2.52. The molecule has 1 aromatic heterocycles. The van der Waals surface area contributed by atoms with Crippen molar-refractivity contribution in [3.05, 3.63) is 69.1 Å². The first-order chi connectivity index (χ1) is 10.2. The quantitative estimate of drug-likeness (QED) is 0.941. The maximum atomic E-state index is 12.5. The number of nitrogens with zero attached hydrogens (tertiary/aromatic N) is 1. The smallest absolute Gasteiger partial charge is 0.255 e. The van der Waals surface area contributed by atoms with Crippen molar-refractivity contribution in [3.8, 4) is 0 Å². The summed E-state index contributed by atoms with van der Waals surface area (Å²) in [7, 11) is 0. The molecule has 2 aromatic rings. The van der Waals surface area contributed by atoms with Crippen LogP contribution in [-0.4, -0.2) is 4.57 Å². The number of fused-ring (bicyclic) bond motifs is 1. The molecule has 0 saturated carbocycles. The SMILES string of the molecule is Cc1ccc(CN)c(=O)n1CC1CCCc2ccccc21. The van der Waals surface area contributed by atoms with Crippen LogP contribution in [0.2, 0.25) is 0 Å². The number of pyridine rings is 1. The molecule has 1 aliphatic rings. The number of nitrogens with two attached hydrogens (primary N) is 1. The largest absolute Gasteiger partial charge is 0.326 e. The molecule has 3 nitrogen and oxygen atoms in total. The van der Waals surface area contributed by atoms with Gasteiger partial charge in [0.2, 0.25) is 0 Å². The predicted molar refractivity (Wildman–Crippen MR) is 85.5 cm³/mol. The topological polar surface area (TPSA) is 48.0 Å². The monoisotopic (exact) mass is 282 g/mol. The first kappa shape index (κ1) is 14.1. The van der Waals surface area contributed by atoms with Gasteiger partial charge in [-0.1, -0.05) is 30.3 Å². The molecule has 0 aliphatic heterocycles. The van der Waals surface area contributed by atoms with Gasteiger partial charge in [-0.3, -0.25) is 4.79 Å². The van der Waals surface area contributed by atoms with Crippen LogP contribution in [0.15, 0.2) is 41.2 Å². The molecule has 1 unspecified atom stereocenters. The molecule has 0 radical (unpaired) electrons. The molecule has 0 spiro atoms. The highest BCUT2D eigenvalue weighted by Crippen LogP contribution is 2.32. The normalized spacial score (nSPS) is 17.5. The lowest BCUT2D eigenvalue weighted by molar-refractivity contribution is 0.469. The molecule has 1 atom stereocenters. The van der Waals surface area contributed by atoms with Gasteiger partial charge in [0.25, 0.3) is 5.56 Å². The zero-order valence-corrected chi connectivity index (χ0v) is 12.5. The fraction of sp³-hybridized carbons (Fsp3) is 0.389. The molecule has 0 saturated heterocycles. The summed E-state index contributed by atoms with van der Waals surface area (Å²) in [5, 5.41) is 0. The minimum Gasteiger partial charge on any atom is -0.326 e. The molecule has 0 fully saturated rings. The highest BCUT2D eigenvalue weighted by Gasteiger charge is 2.21. The number of hydrogen-bond donors (Lipinski definition) is 1. The third-order valence-corrected chi connectivity index (χ3v) is 4.59. The Balaban J connectivity index is 1.97. The van der Waals surface area contributed by atoms with Crippen LogP contribution in [0.4, 0.5) is 0 Å². The van der Waals surface area contributed by atoms with Crippen LogP contribution in [-0.2, 0) is 19.5 Å². The van der Waals surface area contributed by atoms with E-state index in [9.17, 15) is 4.79 Å². The molecular formula is C18H22N2O. The molecule has 1 heterocycles. The maximum absolute atomic E-state index is 12.5. The van der Waals surface area contributed by atoms with Crippen LogP contribution >= 0.6 is 0 Å². The second-order valence-corrected chi connectivity index (χ2v) is 5.91. The van der Waals surface area contributed by atoms with E-state index in [0.717, 1.165) is 25.1 Å². The van der Waals surface area contributed by atoms with Crippen molar-refractivity contribution in [2.45, 2.75) is 45.2 Å². The van der Waals surface area contributed by atoms with Crippen LogP contribution in [0.1, 0.15) is 41.1 Å². The molecule has 110 valence electrons. The molecular weight excluding hydrogens is 260 g/mol. The Morgan fingerprint density at radius 1 is 1.24 bits per heavy atom. The molecule has 3 rings (SSSR count). The Hall–Kier alpha value is -1.87. The third-order valence-electron chi connectivity index (χ3n) is 4.59. The summed E-state index contributed by atoms with van der Waals surface area (Å²) in [5.74, 6) is 0.430. The highest BCUT2D eigenvalue weighted by molar-refractivity contribution is 5.32. The lowest BCUT2D eigenvalue weighted by Crippen LogP contribution is -2.29. The summed E-state index contributed by atoms with van der Waals surface area (Å²) >= 11 is 0. The molecule has 1 aromatic carbocycles. The first-order valence-corrected chi connectivity index (χ1v) is 7.68. The molecule has 1 aliphatic carbocycles. The number of rotatable bonds is 3. The standard InChI is InChI=1S/C18H22N2O/c1-13-9-10-15(11-19)18(21)20(13)12-16-7-4-6-14-5-2-3-8-17(14)16/h2-3,5,8-10,16H,4,6-7,11-12,19H2,1H3. The minimum atomic E-state index is 0.0700. The summed E-state index contributed by atoms with van der Waals surface area (Å²) < 4.78 is 1.90. The Bertz CT molecular complexity index is 703. The van der Waals surface area contributed by atoms with Gasteiger partial charge in [0, 0.05) is 30.3 Å². The summed E-state index contributed by atoms with van der Waals surface area (Å²) in [4.78, 5) is 12.5. The minimum absolute atomic E-state index is 0.0700. The molecule has 0 amide bonds. The summed E-state index contributed by atoms with van der Waals surface area (Å²) in [5.41, 5.74) is 10.3. The van der Waals surface area contributed by atoms with Crippen LogP contribution in [0.3, 0.4) is 0 Å². The zero-order valence-electron chi connectivity index (χ0n) is 12.5. The molecule has 3 heteroatoms. The summed E-state index contributed by atoms with van der Waals surface area (Å²) in [6.45, 7) is 3.06. The fourth-order valence-corrected chi connectivity index (χ4v) is 3.36. The Kier molecular flexibility index (Phi) is 3.93. The lowest BCUT2D eigenvalue weighted by Gasteiger charge is -2.27. The Labute approximate surface area is 125 Å². The van der Waals surface area contributed by atoms with E-state index in [1.165, 1.54) is 17.5 Å². The first-order valence-electron chi connectivity index (χ1n) is 7.68. The van der Waals surface area contributed by atoms with E-state index in [2.05, 4.69) is 24.3 Å². The maximum Gasteiger partial charge on any atom is 0.255 e. The number of benzene rings is 1. The van der Waals surface area contributed by atoms with Crippen LogP contribution < -0.4 is 11.3 Å². The molecule has 2 N–H and O–H groups in total. The van der Waals surface area contributed by atoms with Gasteiger partial charge < -0.3 is 10.3 Å². The van der Waals surface area contributed by atoms with Crippen molar-refractivity contribution in [1.82, 2.24) is 4.57 Å². The lowest BCUT2D eigenvalue weighted by atomic mass is 9.82. The van der Waals surface area contributed by atoms with E-state index in [1.807, 2.05) is 23.6 Å². The predicted octanol–water partition coefficient (Wildman–Crippen LogP) is 2.74. The van der Waals surface area contributed by atoms with Gasteiger partial charge in [0.1, 0.15) is 0 Å². The second kappa shape index (κ2) is 5.86. The van der Waals surface area contributed by atoms with Crippen molar-refractivity contribution in [2.75, 3.05) is 0 Å². The van der Waals surface area contributed by atoms with Gasteiger partial charge in [-0.15, -0.1) is 0 Å². The van der Waals surface area contributed by atoms with E-state index >= 15 is 0 Å². The number of aryl methyl sites for hydroxylation is 2. The van der Waals surface area contributed by atoms with E-state index in [4.69, 9.17) is 5.73 Å². The van der Waals surface area contributed by atoms with E-state index in [1.54, 1.807) is 0 Å². The highest BCUT2D eigenvalue weighted by atomic mass is 16.1. The van der Waals surface area contributed by atoms with Crippen molar-refractivity contribution >= 4 is 0 Å². The van der Waals surface area contributed by atoms with Crippen LogP contribution in [0, 0.1) is 6.92 Å². The number of hydrogen-bond acceptors (Lipinski definition) is 2. The van der Waals surface area contributed by atoms with Crippen molar-refractivity contribution < 1.29 is 0 Å². The van der Waals surface area contributed by atoms with Gasteiger partial charge >= 0.3 is 0 Å². The fourth-order valence-electron chi connectivity index (χ4n) is 3.36. The van der Waals surface area contributed by atoms with E-state index < -0.39 is 0 Å². The van der Waals surface area contributed by atoms with Gasteiger partial charge in [-0.05, 0) is 43.4 Å². The Morgan fingerprint density at radius 2 is 2.05 bits per heavy atom. The summed E-state index contributed by atoms with van der Waals surface area (Å²) in [6, 6.07) is 12.5. The zero-order chi connectivity index (χ0) is 14.8. The molecule has 0 bridgehead atoms. The van der Waals surface area contributed by atoms with Gasteiger partial charge in [-0.2, -0.15) is 0 Å². The Morgan fingerprint density at radius 3 is 2.86 bits per heavy atom. The second-order valence-electron chi connectivity index (χ2n) is 5.91. The van der Waals surface area contributed by atoms with Crippen molar-refractivity contribution in [1.29, 1.82) is 0 Å². The van der Waals surface area contributed by atoms with Gasteiger partial charge in [-0.25, -0.2) is 0 Å². The van der Waals surface area contributed by atoms with Crippen LogP contribution in [0.25, 0.3) is 0 Å². The molecule has 21 heavy (non-hydrogen) atoms. The third kappa shape index (κ3) is 2.66. The number of aromatic nitrogens is 1. The van der Waals surface area contributed by atoms with Crippen LogP contribution in [0.5, 0.6) is 0 Å². The van der Waals surface area contributed by atoms with Crippen molar-refractivity contribution in [3.63, 3.8) is 0 Å².